The lowest BCUT2D eigenvalue weighted by Crippen LogP contribution is -2.43. The Hall–Kier alpha value is 0.117. The van der Waals surface area contributed by atoms with Gasteiger partial charge in [-0.3, -0.25) is 4.79 Å². The molecule has 0 bridgehead atoms. The van der Waals surface area contributed by atoms with Crippen molar-refractivity contribution in [3.05, 3.63) is 0 Å². The zero-order chi connectivity index (χ0) is 16.8. The minimum atomic E-state index is -2.45. The van der Waals surface area contributed by atoms with Gasteiger partial charge in [-0.2, -0.15) is 0 Å². The molecule has 22 heavy (non-hydrogen) atoms. The van der Waals surface area contributed by atoms with Crippen molar-refractivity contribution in [1.29, 1.82) is 0 Å². The van der Waals surface area contributed by atoms with Crippen LogP contribution in [0.2, 0.25) is 6.04 Å². The van der Waals surface area contributed by atoms with Crippen LogP contribution in [0.1, 0.15) is 65.7 Å². The first-order valence-electron chi connectivity index (χ1n) is 8.47. The molecular weight excluding hydrogens is 316 g/mol. The molecular formula is C16H34O4SSi. The molecule has 0 aromatic heterocycles. The second-order valence-electron chi connectivity index (χ2n) is 5.55. The van der Waals surface area contributed by atoms with Crippen LogP contribution >= 0.6 is 11.8 Å². The van der Waals surface area contributed by atoms with E-state index in [4.69, 9.17) is 13.3 Å². The van der Waals surface area contributed by atoms with Crippen LogP contribution in [0.4, 0.5) is 0 Å². The molecule has 0 aliphatic heterocycles. The third-order valence-corrected chi connectivity index (χ3v) is 7.58. The number of rotatable bonds is 14. The van der Waals surface area contributed by atoms with Crippen LogP contribution < -0.4 is 0 Å². The van der Waals surface area contributed by atoms with Gasteiger partial charge < -0.3 is 13.3 Å². The minimum Gasteiger partial charge on any atom is -0.377 e. The summed E-state index contributed by atoms with van der Waals surface area (Å²) in [4.78, 5) is 11.9. The molecule has 0 saturated carbocycles. The van der Waals surface area contributed by atoms with E-state index in [9.17, 15) is 4.79 Å². The standard InChI is InChI=1S/C16H34O4SSi/c1-6-8-9-10-11-12-16(17)21-15(3)13-14-20-22(7-2,18-4)19-5/h15H,6-14H2,1-5H3. The minimum absolute atomic E-state index is 0.278. The van der Waals surface area contributed by atoms with Gasteiger partial charge in [-0.15, -0.1) is 0 Å². The van der Waals surface area contributed by atoms with Crippen molar-refractivity contribution >= 4 is 25.7 Å². The Balaban J connectivity index is 3.80. The molecule has 0 saturated heterocycles. The molecule has 1 atom stereocenters. The van der Waals surface area contributed by atoms with Crippen molar-refractivity contribution in [3.8, 4) is 0 Å². The lowest BCUT2D eigenvalue weighted by molar-refractivity contribution is -0.111. The van der Waals surface area contributed by atoms with Gasteiger partial charge >= 0.3 is 8.80 Å². The smallest absolute Gasteiger partial charge is 0.377 e. The van der Waals surface area contributed by atoms with Gasteiger partial charge in [-0.1, -0.05) is 58.2 Å². The Bertz CT molecular complexity index is 277. The van der Waals surface area contributed by atoms with Crippen molar-refractivity contribution in [3.63, 3.8) is 0 Å². The Labute approximate surface area is 142 Å². The Morgan fingerprint density at radius 3 is 2.27 bits per heavy atom. The van der Waals surface area contributed by atoms with Gasteiger partial charge in [0.1, 0.15) is 0 Å². The van der Waals surface area contributed by atoms with Crippen LogP contribution in [0.25, 0.3) is 0 Å². The topological polar surface area (TPSA) is 44.8 Å². The Morgan fingerprint density at radius 1 is 1.09 bits per heavy atom. The molecule has 0 aliphatic rings. The number of carbonyl (C=O) groups excluding carboxylic acids is 1. The van der Waals surface area contributed by atoms with Gasteiger partial charge in [0.15, 0.2) is 5.12 Å². The van der Waals surface area contributed by atoms with Gasteiger partial charge in [0.2, 0.25) is 0 Å². The number of carbonyl (C=O) groups is 1. The molecule has 1 unspecified atom stereocenters. The van der Waals surface area contributed by atoms with Gasteiger partial charge in [-0.25, -0.2) is 0 Å². The van der Waals surface area contributed by atoms with Gasteiger partial charge in [-0.05, 0) is 12.8 Å². The van der Waals surface area contributed by atoms with Crippen molar-refractivity contribution in [1.82, 2.24) is 0 Å². The van der Waals surface area contributed by atoms with Crippen LogP contribution in [-0.2, 0) is 18.1 Å². The van der Waals surface area contributed by atoms with Crippen molar-refractivity contribution in [2.24, 2.45) is 0 Å². The first-order chi connectivity index (χ1) is 10.5. The largest absolute Gasteiger partial charge is 0.500 e. The highest BCUT2D eigenvalue weighted by Gasteiger charge is 2.36. The third-order valence-electron chi connectivity index (χ3n) is 3.72. The normalized spacial score (nSPS) is 13.3. The fraction of sp³-hybridized carbons (Fsp3) is 0.938. The molecule has 0 N–H and O–H groups in total. The van der Waals surface area contributed by atoms with E-state index in [0.717, 1.165) is 18.9 Å². The molecule has 0 aromatic rings. The first-order valence-corrected chi connectivity index (χ1v) is 11.3. The predicted octanol–water partition coefficient (Wildman–Crippen LogP) is 4.65. The third kappa shape index (κ3) is 10.00. The molecule has 6 heteroatoms. The van der Waals surface area contributed by atoms with E-state index < -0.39 is 8.80 Å². The fourth-order valence-electron chi connectivity index (χ4n) is 2.19. The number of hydrogen-bond donors (Lipinski definition) is 0. The maximum atomic E-state index is 11.9. The molecule has 0 rings (SSSR count). The number of unbranched alkanes of at least 4 members (excludes halogenated alkanes) is 4. The predicted molar refractivity (Wildman–Crippen MR) is 96.3 cm³/mol. The van der Waals surface area contributed by atoms with E-state index in [1.54, 1.807) is 14.2 Å². The van der Waals surface area contributed by atoms with E-state index in [2.05, 4.69) is 13.8 Å². The molecule has 132 valence electrons. The van der Waals surface area contributed by atoms with Gasteiger partial charge in [0.25, 0.3) is 0 Å². The first kappa shape index (κ1) is 22.1. The highest BCUT2D eigenvalue weighted by Crippen LogP contribution is 2.20. The lowest BCUT2D eigenvalue weighted by Gasteiger charge is -2.25. The maximum absolute atomic E-state index is 11.9. The number of thioether (sulfide) groups is 1. The van der Waals surface area contributed by atoms with Crippen molar-refractivity contribution in [2.75, 3.05) is 20.8 Å². The molecule has 0 heterocycles. The summed E-state index contributed by atoms with van der Waals surface area (Å²) in [5.41, 5.74) is 0. The zero-order valence-electron chi connectivity index (χ0n) is 15.0. The molecule has 0 aliphatic carbocycles. The molecule has 0 radical (unpaired) electrons. The summed E-state index contributed by atoms with van der Waals surface area (Å²) < 4.78 is 16.6. The zero-order valence-corrected chi connectivity index (χ0v) is 16.8. The van der Waals surface area contributed by atoms with Gasteiger partial charge in [0.05, 0.1) is 0 Å². The van der Waals surface area contributed by atoms with Crippen LogP contribution in [-0.4, -0.2) is 40.0 Å². The van der Waals surface area contributed by atoms with E-state index in [1.807, 2.05) is 6.92 Å². The molecule has 0 aromatic carbocycles. The summed E-state index contributed by atoms with van der Waals surface area (Å²) in [6, 6.07) is 0.762. The maximum Gasteiger partial charge on any atom is 0.500 e. The SMILES string of the molecule is CCCCCCCC(=O)SC(C)CCO[Si](CC)(OC)OC. The van der Waals surface area contributed by atoms with Crippen molar-refractivity contribution in [2.45, 2.75) is 77.0 Å². The average molecular weight is 351 g/mol. The monoisotopic (exact) mass is 350 g/mol. The van der Waals surface area contributed by atoms with E-state index in [0.29, 0.717) is 18.1 Å². The summed E-state index contributed by atoms with van der Waals surface area (Å²) >= 11 is 1.45. The second-order valence-corrected chi connectivity index (χ2v) is 10.2. The van der Waals surface area contributed by atoms with Crippen LogP contribution in [0.15, 0.2) is 0 Å². The molecule has 0 fully saturated rings. The molecule has 0 amide bonds. The Morgan fingerprint density at radius 2 is 1.73 bits per heavy atom. The number of hydrogen-bond acceptors (Lipinski definition) is 5. The van der Waals surface area contributed by atoms with E-state index in [1.165, 1.54) is 37.4 Å². The van der Waals surface area contributed by atoms with E-state index >= 15 is 0 Å². The van der Waals surface area contributed by atoms with Crippen LogP contribution in [0.5, 0.6) is 0 Å². The van der Waals surface area contributed by atoms with Crippen LogP contribution in [0, 0.1) is 0 Å². The fourth-order valence-corrected chi connectivity index (χ4v) is 4.73. The lowest BCUT2D eigenvalue weighted by atomic mass is 10.1. The highest BCUT2D eigenvalue weighted by atomic mass is 32.2. The van der Waals surface area contributed by atoms with E-state index in [-0.39, 0.29) is 5.25 Å². The summed E-state index contributed by atoms with van der Waals surface area (Å²) in [7, 11) is 0.824. The highest BCUT2D eigenvalue weighted by molar-refractivity contribution is 8.14. The summed E-state index contributed by atoms with van der Waals surface area (Å²) in [6.45, 7) is 6.88. The van der Waals surface area contributed by atoms with Crippen LogP contribution in [0.3, 0.4) is 0 Å². The average Bonchev–Trinajstić information content (AvgIpc) is 2.52. The second kappa shape index (κ2) is 13.5. The van der Waals surface area contributed by atoms with Gasteiger partial charge in [0, 0.05) is 38.5 Å². The van der Waals surface area contributed by atoms with Crippen molar-refractivity contribution < 1.29 is 18.1 Å². The summed E-state index contributed by atoms with van der Waals surface area (Å²) in [5, 5.41) is 0.585. The molecule has 4 nitrogen and oxygen atoms in total. The quantitative estimate of drug-likeness (QED) is 0.337. The molecule has 0 spiro atoms. The summed E-state index contributed by atoms with van der Waals surface area (Å²) in [5.74, 6) is 0. The summed E-state index contributed by atoms with van der Waals surface area (Å²) in [6.07, 6.45) is 7.49. The Kier molecular flexibility index (Phi) is 13.6.